The summed E-state index contributed by atoms with van der Waals surface area (Å²) in [4.78, 5) is 2.38. The predicted octanol–water partition coefficient (Wildman–Crippen LogP) is -0.294. The van der Waals surface area contributed by atoms with E-state index in [1.807, 2.05) is 0 Å². The van der Waals surface area contributed by atoms with Crippen molar-refractivity contribution in [1.29, 1.82) is 0 Å². The number of hydrogen-bond donors (Lipinski definition) is 1. The summed E-state index contributed by atoms with van der Waals surface area (Å²) in [5.74, 6) is 0. The van der Waals surface area contributed by atoms with Crippen LogP contribution in [0.4, 0.5) is 0 Å². The van der Waals surface area contributed by atoms with Gasteiger partial charge in [-0.2, -0.15) is 4.31 Å². The van der Waals surface area contributed by atoms with Crippen LogP contribution in [0.25, 0.3) is 0 Å². The average molecular weight is 261 g/mol. The molecule has 1 N–H and O–H groups in total. The molecular formula is C11H23N3O2S. The zero-order valence-corrected chi connectivity index (χ0v) is 11.4. The third-order valence-electron chi connectivity index (χ3n) is 3.76. The fraction of sp³-hybridized carbons (Fsp3) is 1.00. The molecule has 2 aliphatic rings. The maximum atomic E-state index is 11.4. The molecule has 0 aromatic carbocycles. The Morgan fingerprint density at radius 1 is 1.24 bits per heavy atom. The van der Waals surface area contributed by atoms with Gasteiger partial charge in [0.1, 0.15) is 0 Å². The highest BCUT2D eigenvalue weighted by Gasteiger charge is 2.23. The lowest BCUT2D eigenvalue weighted by molar-refractivity contribution is 0.182. The quantitative estimate of drug-likeness (QED) is 0.755. The van der Waals surface area contributed by atoms with Crippen LogP contribution in [0.5, 0.6) is 0 Å². The summed E-state index contributed by atoms with van der Waals surface area (Å²) >= 11 is 0. The van der Waals surface area contributed by atoms with Crippen LogP contribution in [0.1, 0.15) is 19.3 Å². The standard InChI is InChI=1S/C11H23N3O2S/c1-17(15,16)14-9-7-13(8-10-14)6-4-11-3-2-5-12-11/h11-12H,2-10H2,1H3. The molecule has 100 valence electrons. The monoisotopic (exact) mass is 261 g/mol. The van der Waals surface area contributed by atoms with Gasteiger partial charge in [0.2, 0.25) is 10.0 Å². The summed E-state index contributed by atoms with van der Waals surface area (Å²) in [5, 5.41) is 3.50. The summed E-state index contributed by atoms with van der Waals surface area (Å²) in [6.07, 6.45) is 5.08. The molecule has 0 aromatic rings. The Bertz CT molecular complexity index is 331. The van der Waals surface area contributed by atoms with Gasteiger partial charge in [-0.3, -0.25) is 0 Å². The second kappa shape index (κ2) is 5.65. The van der Waals surface area contributed by atoms with Crippen molar-refractivity contribution in [3.63, 3.8) is 0 Å². The molecule has 0 aromatic heterocycles. The van der Waals surface area contributed by atoms with Crippen LogP contribution >= 0.6 is 0 Å². The van der Waals surface area contributed by atoms with E-state index >= 15 is 0 Å². The lowest BCUT2D eigenvalue weighted by Crippen LogP contribution is -2.48. The van der Waals surface area contributed by atoms with Crippen molar-refractivity contribution in [1.82, 2.24) is 14.5 Å². The van der Waals surface area contributed by atoms with E-state index in [4.69, 9.17) is 0 Å². The molecular weight excluding hydrogens is 238 g/mol. The van der Waals surface area contributed by atoms with Crippen LogP contribution in [0.15, 0.2) is 0 Å². The summed E-state index contributed by atoms with van der Waals surface area (Å²) in [7, 11) is -2.99. The Morgan fingerprint density at radius 3 is 2.47 bits per heavy atom. The third kappa shape index (κ3) is 3.91. The molecule has 0 bridgehead atoms. The van der Waals surface area contributed by atoms with E-state index in [-0.39, 0.29) is 0 Å². The molecule has 2 aliphatic heterocycles. The molecule has 0 saturated carbocycles. The molecule has 2 rings (SSSR count). The molecule has 0 aliphatic carbocycles. The maximum Gasteiger partial charge on any atom is 0.211 e. The van der Waals surface area contributed by atoms with Crippen molar-refractivity contribution >= 4 is 10.0 Å². The van der Waals surface area contributed by atoms with E-state index < -0.39 is 10.0 Å². The van der Waals surface area contributed by atoms with Crippen molar-refractivity contribution in [3.8, 4) is 0 Å². The van der Waals surface area contributed by atoms with Crippen LogP contribution in [-0.4, -0.2) is 69.2 Å². The fourth-order valence-electron chi connectivity index (χ4n) is 2.63. The molecule has 6 heteroatoms. The summed E-state index contributed by atoms with van der Waals surface area (Å²) in [6.45, 7) is 5.30. The average Bonchev–Trinajstić information content (AvgIpc) is 2.78. The van der Waals surface area contributed by atoms with Crippen molar-refractivity contribution in [2.24, 2.45) is 0 Å². The fourth-order valence-corrected chi connectivity index (χ4v) is 3.45. The number of hydrogen-bond acceptors (Lipinski definition) is 4. The molecule has 0 radical (unpaired) electrons. The van der Waals surface area contributed by atoms with Gasteiger partial charge in [0, 0.05) is 32.2 Å². The maximum absolute atomic E-state index is 11.4. The Labute approximate surface area is 104 Å². The van der Waals surface area contributed by atoms with Crippen molar-refractivity contribution in [3.05, 3.63) is 0 Å². The van der Waals surface area contributed by atoms with E-state index in [9.17, 15) is 8.42 Å². The predicted molar refractivity (Wildman–Crippen MR) is 68.5 cm³/mol. The second-order valence-corrected chi connectivity index (χ2v) is 7.07. The van der Waals surface area contributed by atoms with Gasteiger partial charge in [-0.1, -0.05) is 0 Å². The molecule has 2 heterocycles. The van der Waals surface area contributed by atoms with Gasteiger partial charge in [-0.05, 0) is 32.4 Å². The molecule has 1 unspecified atom stereocenters. The molecule has 0 spiro atoms. The van der Waals surface area contributed by atoms with Crippen molar-refractivity contribution in [2.75, 3.05) is 45.5 Å². The smallest absolute Gasteiger partial charge is 0.211 e. The Balaban J connectivity index is 1.68. The van der Waals surface area contributed by atoms with E-state index in [0.29, 0.717) is 19.1 Å². The number of sulfonamides is 1. The van der Waals surface area contributed by atoms with Gasteiger partial charge in [0.05, 0.1) is 6.26 Å². The minimum atomic E-state index is -2.99. The summed E-state index contributed by atoms with van der Waals surface area (Å²) in [6, 6.07) is 0.683. The van der Waals surface area contributed by atoms with Gasteiger partial charge < -0.3 is 10.2 Å². The van der Waals surface area contributed by atoms with Gasteiger partial charge in [0.25, 0.3) is 0 Å². The lowest BCUT2D eigenvalue weighted by atomic mass is 10.1. The molecule has 1 atom stereocenters. The van der Waals surface area contributed by atoms with Crippen LogP contribution in [0, 0.1) is 0 Å². The Morgan fingerprint density at radius 2 is 1.94 bits per heavy atom. The zero-order valence-electron chi connectivity index (χ0n) is 10.6. The second-order valence-electron chi connectivity index (χ2n) is 5.09. The Kier molecular flexibility index (Phi) is 4.41. The minimum Gasteiger partial charge on any atom is -0.314 e. The molecule has 5 nitrogen and oxygen atoms in total. The molecule has 0 amide bonds. The first-order chi connectivity index (χ1) is 8.05. The number of nitrogens with one attached hydrogen (secondary N) is 1. The molecule has 17 heavy (non-hydrogen) atoms. The molecule has 2 saturated heterocycles. The van der Waals surface area contributed by atoms with Crippen LogP contribution < -0.4 is 5.32 Å². The first-order valence-electron chi connectivity index (χ1n) is 6.46. The largest absolute Gasteiger partial charge is 0.314 e. The van der Waals surface area contributed by atoms with E-state index in [2.05, 4.69) is 10.2 Å². The first kappa shape index (κ1) is 13.3. The summed E-state index contributed by atoms with van der Waals surface area (Å²) < 4.78 is 24.3. The SMILES string of the molecule is CS(=O)(=O)N1CCN(CCC2CCCN2)CC1. The summed E-state index contributed by atoms with van der Waals surface area (Å²) in [5.41, 5.74) is 0. The Hall–Kier alpha value is -0.170. The highest BCUT2D eigenvalue weighted by molar-refractivity contribution is 7.88. The van der Waals surface area contributed by atoms with E-state index in [1.54, 1.807) is 4.31 Å². The normalized spacial score (nSPS) is 28.6. The minimum absolute atomic E-state index is 0.650. The van der Waals surface area contributed by atoms with Gasteiger partial charge in [-0.25, -0.2) is 8.42 Å². The lowest BCUT2D eigenvalue weighted by Gasteiger charge is -2.33. The van der Waals surface area contributed by atoms with E-state index in [0.717, 1.165) is 26.2 Å². The van der Waals surface area contributed by atoms with Crippen LogP contribution in [0.3, 0.4) is 0 Å². The van der Waals surface area contributed by atoms with Gasteiger partial charge >= 0.3 is 0 Å². The first-order valence-corrected chi connectivity index (χ1v) is 8.31. The topological polar surface area (TPSA) is 52.7 Å². The van der Waals surface area contributed by atoms with Crippen LogP contribution in [-0.2, 0) is 10.0 Å². The van der Waals surface area contributed by atoms with Crippen LogP contribution in [0.2, 0.25) is 0 Å². The van der Waals surface area contributed by atoms with Gasteiger partial charge in [0.15, 0.2) is 0 Å². The number of rotatable bonds is 4. The van der Waals surface area contributed by atoms with Gasteiger partial charge in [-0.15, -0.1) is 0 Å². The highest BCUT2D eigenvalue weighted by Crippen LogP contribution is 2.11. The molecule has 2 fully saturated rings. The zero-order chi connectivity index (χ0) is 12.3. The number of nitrogens with zero attached hydrogens (tertiary/aromatic N) is 2. The van der Waals surface area contributed by atoms with Crippen molar-refractivity contribution < 1.29 is 8.42 Å². The highest BCUT2D eigenvalue weighted by atomic mass is 32.2. The third-order valence-corrected chi connectivity index (χ3v) is 5.06. The number of piperazine rings is 1. The van der Waals surface area contributed by atoms with E-state index in [1.165, 1.54) is 25.5 Å². The van der Waals surface area contributed by atoms with Crippen molar-refractivity contribution in [2.45, 2.75) is 25.3 Å².